The third-order valence-corrected chi connectivity index (χ3v) is 3.33. The Labute approximate surface area is 135 Å². The topological polar surface area (TPSA) is 73.2 Å². The number of carbonyl (C=O) groups is 2. The lowest BCUT2D eigenvalue weighted by Gasteiger charge is -2.16. The molecule has 122 valence electrons. The maximum atomic E-state index is 12.3. The van der Waals surface area contributed by atoms with Crippen LogP contribution in [0.2, 0.25) is 0 Å². The Morgan fingerprint density at radius 1 is 1.22 bits per heavy atom. The summed E-state index contributed by atoms with van der Waals surface area (Å²) in [6.45, 7) is 7.11. The number of nitrogens with zero attached hydrogens (tertiary/aromatic N) is 2. The van der Waals surface area contributed by atoms with E-state index in [9.17, 15) is 9.59 Å². The standard InChI is InChI=1S/C17H21N3O3/c1-11(2)20-16(8-9-18-20)19-17(22)13(4)23-15-7-5-6-14(10-15)12(3)21/h5-11,13H,1-4H3,(H,19,22). The molecule has 6 nitrogen and oxygen atoms in total. The molecule has 1 atom stereocenters. The van der Waals surface area contributed by atoms with Crippen molar-refractivity contribution in [3.05, 3.63) is 42.1 Å². The van der Waals surface area contributed by atoms with E-state index in [1.54, 1.807) is 48.1 Å². The van der Waals surface area contributed by atoms with E-state index in [2.05, 4.69) is 10.4 Å². The minimum Gasteiger partial charge on any atom is -0.481 e. The van der Waals surface area contributed by atoms with Crippen LogP contribution in [0, 0.1) is 0 Å². The number of rotatable bonds is 6. The molecule has 1 aromatic carbocycles. The molecule has 6 heteroatoms. The van der Waals surface area contributed by atoms with E-state index in [4.69, 9.17) is 4.74 Å². The molecule has 0 aliphatic rings. The Balaban J connectivity index is 2.04. The van der Waals surface area contributed by atoms with Crippen molar-refractivity contribution in [2.24, 2.45) is 0 Å². The summed E-state index contributed by atoms with van der Waals surface area (Å²) in [4.78, 5) is 23.6. The van der Waals surface area contributed by atoms with Gasteiger partial charge in [-0.3, -0.25) is 9.59 Å². The number of carbonyl (C=O) groups excluding carboxylic acids is 2. The number of ether oxygens (including phenoxy) is 1. The second-order valence-electron chi connectivity index (χ2n) is 5.59. The first-order valence-corrected chi connectivity index (χ1v) is 7.50. The normalized spacial score (nSPS) is 12.0. The number of nitrogens with one attached hydrogen (secondary N) is 1. The maximum Gasteiger partial charge on any atom is 0.266 e. The number of aromatic nitrogens is 2. The van der Waals surface area contributed by atoms with Gasteiger partial charge in [-0.15, -0.1) is 0 Å². The van der Waals surface area contributed by atoms with E-state index in [-0.39, 0.29) is 17.7 Å². The molecule has 0 fully saturated rings. The number of anilines is 1. The van der Waals surface area contributed by atoms with Gasteiger partial charge in [-0.1, -0.05) is 12.1 Å². The molecule has 0 saturated carbocycles. The third-order valence-electron chi connectivity index (χ3n) is 3.33. The Morgan fingerprint density at radius 2 is 1.96 bits per heavy atom. The molecule has 0 aliphatic heterocycles. The fraction of sp³-hybridized carbons (Fsp3) is 0.353. The minimum absolute atomic E-state index is 0.0478. The fourth-order valence-electron chi connectivity index (χ4n) is 2.10. The monoisotopic (exact) mass is 315 g/mol. The maximum absolute atomic E-state index is 12.3. The summed E-state index contributed by atoms with van der Waals surface area (Å²) in [5, 5.41) is 6.97. The number of benzene rings is 1. The van der Waals surface area contributed by atoms with Crippen molar-refractivity contribution in [1.82, 2.24) is 9.78 Å². The van der Waals surface area contributed by atoms with Gasteiger partial charge in [0.2, 0.25) is 0 Å². The molecule has 2 rings (SSSR count). The van der Waals surface area contributed by atoms with Crippen molar-refractivity contribution in [1.29, 1.82) is 0 Å². The van der Waals surface area contributed by atoms with Crippen molar-refractivity contribution in [3.8, 4) is 5.75 Å². The number of hydrogen-bond acceptors (Lipinski definition) is 4. The van der Waals surface area contributed by atoms with Crippen molar-refractivity contribution < 1.29 is 14.3 Å². The molecule has 1 unspecified atom stereocenters. The summed E-state index contributed by atoms with van der Waals surface area (Å²) in [7, 11) is 0. The van der Waals surface area contributed by atoms with Crippen molar-refractivity contribution in [2.75, 3.05) is 5.32 Å². The molecule has 0 saturated heterocycles. The van der Waals surface area contributed by atoms with Gasteiger partial charge in [-0.25, -0.2) is 4.68 Å². The van der Waals surface area contributed by atoms with E-state index in [0.717, 1.165) is 0 Å². The predicted molar refractivity (Wildman–Crippen MR) is 87.8 cm³/mol. The van der Waals surface area contributed by atoms with Crippen LogP contribution in [0.4, 0.5) is 5.82 Å². The first kappa shape index (κ1) is 16.7. The molecular weight excluding hydrogens is 294 g/mol. The van der Waals surface area contributed by atoms with Crippen LogP contribution in [0.25, 0.3) is 0 Å². The van der Waals surface area contributed by atoms with Gasteiger partial charge in [0.05, 0.1) is 6.20 Å². The first-order chi connectivity index (χ1) is 10.9. The van der Waals surface area contributed by atoms with E-state index < -0.39 is 6.10 Å². The van der Waals surface area contributed by atoms with Gasteiger partial charge in [-0.2, -0.15) is 5.10 Å². The highest BCUT2D eigenvalue weighted by molar-refractivity contribution is 5.95. The van der Waals surface area contributed by atoms with Crippen LogP contribution < -0.4 is 10.1 Å². The first-order valence-electron chi connectivity index (χ1n) is 7.50. The number of ketones is 1. The molecular formula is C17H21N3O3. The highest BCUT2D eigenvalue weighted by Crippen LogP contribution is 2.17. The summed E-state index contributed by atoms with van der Waals surface area (Å²) >= 11 is 0. The van der Waals surface area contributed by atoms with E-state index >= 15 is 0 Å². The highest BCUT2D eigenvalue weighted by Gasteiger charge is 2.17. The van der Waals surface area contributed by atoms with Crippen LogP contribution in [0.5, 0.6) is 5.75 Å². The van der Waals surface area contributed by atoms with Crippen LogP contribution in [-0.2, 0) is 4.79 Å². The van der Waals surface area contributed by atoms with Crippen molar-refractivity contribution >= 4 is 17.5 Å². The van der Waals surface area contributed by atoms with Crippen LogP contribution in [0.15, 0.2) is 36.5 Å². The fourth-order valence-corrected chi connectivity index (χ4v) is 2.10. The molecule has 1 heterocycles. The summed E-state index contributed by atoms with van der Waals surface area (Å²) in [6, 6.07) is 8.66. The lowest BCUT2D eigenvalue weighted by molar-refractivity contribution is -0.122. The highest BCUT2D eigenvalue weighted by atomic mass is 16.5. The Hall–Kier alpha value is -2.63. The van der Waals surface area contributed by atoms with Crippen molar-refractivity contribution in [3.63, 3.8) is 0 Å². The molecule has 0 radical (unpaired) electrons. The lowest BCUT2D eigenvalue weighted by Crippen LogP contribution is -2.31. The minimum atomic E-state index is -0.701. The SMILES string of the molecule is CC(=O)c1cccc(OC(C)C(=O)Nc2ccnn2C(C)C)c1. The van der Waals surface area contributed by atoms with Gasteiger partial charge < -0.3 is 10.1 Å². The van der Waals surface area contributed by atoms with Gasteiger partial charge in [-0.05, 0) is 39.8 Å². The zero-order chi connectivity index (χ0) is 17.0. The van der Waals surface area contributed by atoms with Crippen LogP contribution >= 0.6 is 0 Å². The van der Waals surface area contributed by atoms with E-state index in [0.29, 0.717) is 17.1 Å². The van der Waals surface area contributed by atoms with Gasteiger partial charge in [0.1, 0.15) is 11.6 Å². The largest absolute Gasteiger partial charge is 0.481 e. The zero-order valence-electron chi connectivity index (χ0n) is 13.7. The van der Waals surface area contributed by atoms with E-state index in [1.807, 2.05) is 13.8 Å². The average Bonchev–Trinajstić information content (AvgIpc) is 2.95. The summed E-state index contributed by atoms with van der Waals surface area (Å²) in [6.07, 6.45) is 0.935. The Bertz CT molecular complexity index is 707. The van der Waals surface area contributed by atoms with Crippen LogP contribution in [0.1, 0.15) is 44.1 Å². The summed E-state index contributed by atoms with van der Waals surface area (Å²) in [5.41, 5.74) is 0.549. The average molecular weight is 315 g/mol. The predicted octanol–water partition coefficient (Wildman–Crippen LogP) is 3.07. The second kappa shape index (κ2) is 7.09. The zero-order valence-corrected chi connectivity index (χ0v) is 13.7. The Kier molecular flexibility index (Phi) is 5.16. The van der Waals surface area contributed by atoms with Gasteiger partial charge in [0, 0.05) is 17.7 Å². The third kappa shape index (κ3) is 4.18. The molecule has 1 N–H and O–H groups in total. The number of Topliss-reactive ketones (excluding diaryl/α,β-unsaturated/α-hetero) is 1. The lowest BCUT2D eigenvalue weighted by atomic mass is 10.1. The second-order valence-corrected chi connectivity index (χ2v) is 5.59. The van der Waals surface area contributed by atoms with Crippen LogP contribution in [0.3, 0.4) is 0 Å². The number of hydrogen-bond donors (Lipinski definition) is 1. The molecule has 1 amide bonds. The molecule has 2 aromatic rings. The summed E-state index contributed by atoms with van der Waals surface area (Å²) in [5.74, 6) is 0.782. The van der Waals surface area contributed by atoms with Gasteiger partial charge >= 0.3 is 0 Å². The van der Waals surface area contributed by atoms with E-state index in [1.165, 1.54) is 6.92 Å². The van der Waals surface area contributed by atoms with Gasteiger partial charge in [0.25, 0.3) is 5.91 Å². The van der Waals surface area contributed by atoms with Gasteiger partial charge in [0.15, 0.2) is 11.9 Å². The molecule has 0 aliphatic carbocycles. The molecule has 0 spiro atoms. The quantitative estimate of drug-likeness (QED) is 0.831. The molecule has 23 heavy (non-hydrogen) atoms. The van der Waals surface area contributed by atoms with Crippen molar-refractivity contribution in [2.45, 2.75) is 39.8 Å². The summed E-state index contributed by atoms with van der Waals surface area (Å²) < 4.78 is 7.35. The molecule has 1 aromatic heterocycles. The smallest absolute Gasteiger partial charge is 0.266 e. The molecule has 0 bridgehead atoms. The number of amides is 1. The van der Waals surface area contributed by atoms with Crippen LogP contribution in [-0.4, -0.2) is 27.6 Å². The Morgan fingerprint density at radius 3 is 2.61 bits per heavy atom.